The fourth-order valence-electron chi connectivity index (χ4n) is 20.3. The summed E-state index contributed by atoms with van der Waals surface area (Å²) < 4.78 is 40.8. The van der Waals surface area contributed by atoms with Gasteiger partial charge < -0.3 is 52.1 Å². The van der Waals surface area contributed by atoms with Crippen molar-refractivity contribution in [2.24, 2.45) is 77.3 Å². The van der Waals surface area contributed by atoms with E-state index in [1.165, 1.54) is 150 Å². The van der Waals surface area contributed by atoms with Crippen molar-refractivity contribution in [2.75, 3.05) is 20.8 Å². The first kappa shape index (κ1) is 103. The second-order valence-electron chi connectivity index (χ2n) is 38.7. The number of esters is 1. The summed E-state index contributed by atoms with van der Waals surface area (Å²) in [6.45, 7) is 30.6. The van der Waals surface area contributed by atoms with Crippen LogP contribution in [0.1, 0.15) is 189 Å². The quantitative estimate of drug-likeness (QED) is 0.0169. The molecule has 0 saturated heterocycles. The summed E-state index contributed by atoms with van der Waals surface area (Å²) >= 11 is 0. The molecular weight excluding hydrogens is 1710 g/mol. The Hall–Kier alpha value is -13.9. The van der Waals surface area contributed by atoms with Crippen LogP contribution in [0, 0.1) is 56.2 Å². The van der Waals surface area contributed by atoms with Crippen molar-refractivity contribution in [2.45, 2.75) is 167 Å². The molecule has 7 aromatic carbocycles. The summed E-state index contributed by atoms with van der Waals surface area (Å²) in [6.07, 6.45) is 38.0. The number of benzene rings is 7. The van der Waals surface area contributed by atoms with Crippen molar-refractivity contribution in [1.29, 1.82) is 0 Å². The van der Waals surface area contributed by atoms with Crippen molar-refractivity contribution in [3.8, 4) is 34.5 Å². The number of aliphatic carboxylic acids is 1. The molecule has 22 heteroatoms. The number of carbonyl (C=O) groups excluding carboxylic acids is 3. The normalized spacial score (nSPS) is 21.0. The van der Waals surface area contributed by atoms with Gasteiger partial charge in [0.1, 0.15) is 34.9 Å². The predicted octanol–water partition coefficient (Wildman–Crippen LogP) is 24.3. The number of aryl methyl sites for hydroxylation is 2. The molecule has 5 aromatic heterocycles. The fraction of sp³-hybridized carbons (Fsp3) is 0.360. The molecule has 136 heavy (non-hydrogen) atoms. The molecule has 0 radical (unpaired) electrons. The van der Waals surface area contributed by atoms with E-state index in [0.717, 1.165) is 74.4 Å². The lowest BCUT2D eigenvalue weighted by molar-refractivity contribution is -0.190. The van der Waals surface area contributed by atoms with Crippen LogP contribution in [-0.4, -0.2) is 78.3 Å². The van der Waals surface area contributed by atoms with Crippen LogP contribution in [0.3, 0.4) is 0 Å². The molecule has 0 bridgehead atoms. The summed E-state index contributed by atoms with van der Waals surface area (Å²) in [7, 11) is 7.64. The SMILES string of the molecule is CC(C)=CCC/C(C)=C/COc1c2ccoc2cc2oc(=O)ccc12.COc1cc(/C=C/C(=O)CC(=O)/C=C/c2ccc(O)c(OC)c2)ccc1O.C[C@H]1CC[C@]2(C)[C@H]3CC=C4[C@@H]5CC(C)(C)CC[C@]5(C)CC[C@@]4(C)[C@]3(C)CC[C@H]2C1(C)C.Cn1c(=O)c2c(ncn2C)n(C)c1=O.O=C(C=Cc1ccccc1)Oc1ccccc1.O=C(O)C=Cc1ccccc1.O=c1ccc2ccccc2o1. The smallest absolute Gasteiger partial charge is 0.336 e. The van der Waals surface area contributed by atoms with Crippen LogP contribution in [0.25, 0.3) is 68.4 Å². The molecular formula is C114H130N4O18. The van der Waals surface area contributed by atoms with Gasteiger partial charge in [0.05, 0.1) is 44.0 Å². The van der Waals surface area contributed by atoms with Crippen LogP contribution in [0.15, 0.2) is 292 Å². The number of phenolic OH excluding ortho intramolecular Hbond substituents is 2. The Labute approximate surface area is 795 Å². The number of allylic oxidation sites excluding steroid dienone is 7. The maximum Gasteiger partial charge on any atom is 0.336 e. The van der Waals surface area contributed by atoms with E-state index in [1.54, 1.807) is 110 Å². The van der Waals surface area contributed by atoms with E-state index in [2.05, 4.69) is 106 Å². The number of carboxylic acids is 1. The average molecular weight is 1840 g/mol. The Kier molecular flexibility index (Phi) is 34.3. The first-order valence-corrected chi connectivity index (χ1v) is 46.4. The molecule has 5 aliphatic rings. The Morgan fingerprint density at radius 3 is 1.74 bits per heavy atom. The highest BCUT2D eigenvalue weighted by molar-refractivity contribution is 6.11. The minimum Gasteiger partial charge on any atom is -0.504 e. The van der Waals surface area contributed by atoms with E-state index < -0.39 is 5.97 Å². The average Bonchev–Trinajstić information content (AvgIpc) is 0.808. The molecule has 8 atom stereocenters. The third-order valence-electron chi connectivity index (χ3n) is 28.6. The lowest BCUT2D eigenvalue weighted by Gasteiger charge is -2.71. The van der Waals surface area contributed by atoms with Gasteiger partial charge in [-0.25, -0.2) is 29.0 Å². The molecule has 0 unspecified atom stereocenters. The van der Waals surface area contributed by atoms with Gasteiger partial charge in [-0.15, -0.1) is 0 Å². The number of hydrogen-bond donors (Lipinski definition) is 3. The number of para-hydroxylation sites is 2. The van der Waals surface area contributed by atoms with Crippen molar-refractivity contribution >= 4 is 91.9 Å². The Morgan fingerprint density at radius 2 is 1.13 bits per heavy atom. The summed E-state index contributed by atoms with van der Waals surface area (Å²) in [5, 5.41) is 30.0. The van der Waals surface area contributed by atoms with Gasteiger partial charge in [-0.05, 0) is 267 Å². The first-order chi connectivity index (χ1) is 64.7. The summed E-state index contributed by atoms with van der Waals surface area (Å²) in [5.41, 5.74) is 12.0. The summed E-state index contributed by atoms with van der Waals surface area (Å²) in [4.78, 5) is 94.8. The molecule has 3 N–H and O–H groups in total. The van der Waals surface area contributed by atoms with E-state index in [0.29, 0.717) is 101 Å². The van der Waals surface area contributed by atoms with Crippen LogP contribution >= 0.6 is 0 Å². The third kappa shape index (κ3) is 25.4. The highest BCUT2D eigenvalue weighted by Gasteiger charge is 2.67. The molecule has 0 amide bonds. The Morgan fingerprint density at radius 1 is 0.566 bits per heavy atom. The van der Waals surface area contributed by atoms with E-state index in [4.69, 9.17) is 37.3 Å². The highest BCUT2D eigenvalue weighted by Crippen LogP contribution is 2.76. The monoisotopic (exact) mass is 1840 g/mol. The number of aromatic nitrogens is 4. The van der Waals surface area contributed by atoms with Crippen molar-refractivity contribution in [3.63, 3.8) is 0 Å². The zero-order chi connectivity index (χ0) is 98.5. The number of hydrogen-bond acceptors (Lipinski definition) is 18. The second kappa shape index (κ2) is 45.4. The van der Waals surface area contributed by atoms with Gasteiger partial charge in [-0.3, -0.25) is 23.5 Å². The van der Waals surface area contributed by atoms with Gasteiger partial charge in [-0.1, -0.05) is 213 Å². The summed E-state index contributed by atoms with van der Waals surface area (Å²) in [6, 6.07) is 54.6. The number of carboxylic acid groups (broad SMARTS) is 1. The van der Waals surface area contributed by atoms with Crippen molar-refractivity contribution < 1.29 is 66.7 Å². The second-order valence-corrected chi connectivity index (χ2v) is 38.7. The number of furan rings is 1. The summed E-state index contributed by atoms with van der Waals surface area (Å²) in [5.74, 6) is 3.34. The molecule has 5 aliphatic carbocycles. The largest absolute Gasteiger partial charge is 0.504 e. The van der Waals surface area contributed by atoms with Crippen LogP contribution < -0.4 is 41.4 Å². The van der Waals surface area contributed by atoms with Gasteiger partial charge in [0.15, 0.2) is 45.7 Å². The maximum absolute atomic E-state index is 11.9. The molecule has 22 nitrogen and oxygen atoms in total. The lowest BCUT2D eigenvalue weighted by atomic mass is 9.33. The fourth-order valence-corrected chi connectivity index (χ4v) is 20.3. The van der Waals surface area contributed by atoms with Crippen LogP contribution in [0.4, 0.5) is 0 Å². The number of phenols is 2. The molecule has 4 fully saturated rings. The maximum atomic E-state index is 11.9. The van der Waals surface area contributed by atoms with E-state index >= 15 is 0 Å². The van der Waals surface area contributed by atoms with Gasteiger partial charge in [0.25, 0.3) is 5.56 Å². The van der Waals surface area contributed by atoms with Gasteiger partial charge in [-0.2, -0.15) is 0 Å². The zero-order valence-corrected chi connectivity index (χ0v) is 81.4. The molecule has 4 saturated carbocycles. The van der Waals surface area contributed by atoms with Gasteiger partial charge in [0, 0.05) is 56.9 Å². The lowest BCUT2D eigenvalue weighted by Crippen LogP contribution is -2.63. The molecule has 714 valence electrons. The van der Waals surface area contributed by atoms with Crippen LogP contribution in [0.5, 0.6) is 34.5 Å². The topological polar surface area (TPSA) is 301 Å². The number of ether oxygens (including phenoxy) is 4. The number of ketones is 2. The molecule has 0 spiro atoms. The zero-order valence-electron chi connectivity index (χ0n) is 81.4. The number of fused-ring (bicyclic) bond motifs is 11. The van der Waals surface area contributed by atoms with Crippen LogP contribution in [0.2, 0.25) is 0 Å². The van der Waals surface area contributed by atoms with Crippen LogP contribution in [-0.2, 0) is 40.3 Å². The molecule has 17 rings (SSSR count). The number of rotatable bonds is 19. The Bertz CT molecular complexity index is 6630. The third-order valence-corrected chi connectivity index (χ3v) is 28.6. The first-order valence-electron chi connectivity index (χ1n) is 46.4. The van der Waals surface area contributed by atoms with Crippen molar-refractivity contribution in [3.05, 3.63) is 324 Å². The number of methoxy groups -OCH3 is 2. The van der Waals surface area contributed by atoms with Gasteiger partial charge in [0.2, 0.25) is 0 Å². The Balaban J connectivity index is 0.000000157. The van der Waals surface area contributed by atoms with E-state index in [1.807, 2.05) is 109 Å². The molecule has 0 aliphatic heterocycles. The predicted molar refractivity (Wildman–Crippen MR) is 540 cm³/mol. The van der Waals surface area contributed by atoms with E-state index in [-0.39, 0.29) is 58.0 Å². The number of carbonyl (C=O) groups is 4. The number of nitrogens with zero attached hydrogens (tertiary/aromatic N) is 4. The standard InChI is InChI=1S/C31H52.C21H20O6.C21H22O4.C15H12O2.C9H6O2.C9H8O2.C8H10N4O2/c1-21-12-14-29(7)24(27(21,4)5)13-15-31(9)25(29)11-10-22-23-20-26(2,3)16-17-28(23,6)18-19-30(22,31)8;1-26-20-11-14(5-9-18(20)24)3-7-16(22)13-17(23)8-4-15-6-10-19(25)21(12-15)27-2;1-14(2)5-4-6-15(3)9-11-24-21-16-7-8-20(22)25-19(16)13-18-17(21)10-12-23-18;16-15(17-14-9-5-2-6-10-14)12-11-13-7-3-1-4-8-13;10-9-6-5-7-3-1-2-4-8(7)11-9;10-9(11)7-6-8-4-2-1-3-5-8;1-10-4-9-6-5(10)7(13)12(3)8(14)11(6)2/h10,21,23-25H,11-20H2,1-9H3;3-12,24-25H,13H2,1-2H3;5,7-10,12-13H,4,6,11H2,1-3H3;1-12H;1-6H;1-7H,(H,10,11);4H,1-3H3/b;7-3+,8-4+;15-9+;;;;/t21-,23-,24-,25+,28+,29-,30+,31+;;;;;;/m0....../s1. The minimum absolute atomic E-state index is 0.00662. The van der Waals surface area contributed by atoms with E-state index in [9.17, 15) is 48.6 Å². The molecule has 12 aromatic rings. The number of aromatic hydroxyl groups is 2. The minimum atomic E-state index is -0.922. The van der Waals surface area contributed by atoms with Crippen molar-refractivity contribution in [1.82, 2.24) is 18.7 Å². The number of imidazole rings is 1. The highest BCUT2D eigenvalue weighted by atomic mass is 16.5. The molecule has 5 heterocycles. The van der Waals surface area contributed by atoms with Gasteiger partial charge >= 0.3 is 28.9 Å².